The molecule has 0 aliphatic rings. The lowest BCUT2D eigenvalue weighted by Gasteiger charge is -2.26. The van der Waals surface area contributed by atoms with Crippen molar-refractivity contribution < 1.29 is 42.4 Å². The molecule has 0 heterocycles. The van der Waals surface area contributed by atoms with Gasteiger partial charge in [0.1, 0.15) is 24.9 Å². The summed E-state index contributed by atoms with van der Waals surface area (Å²) in [6.07, 6.45) is -4.78. The Labute approximate surface area is 769 Å². The van der Waals surface area contributed by atoms with Gasteiger partial charge >= 0.3 is 18.1 Å². The molecule has 14 rings (SSSR count). The minimum Gasteiger partial charge on any atom is -0.458 e. The molecule has 672 valence electrons. The fourth-order valence-corrected chi connectivity index (χ4v) is 14.8. The number of aliphatic hydroxyl groups excluding tert-OH is 1. The minimum atomic E-state index is -4.25. The van der Waals surface area contributed by atoms with Crippen molar-refractivity contribution in [1.82, 2.24) is 0 Å². The van der Waals surface area contributed by atoms with Gasteiger partial charge in [-0.05, 0) is 448 Å². The van der Waals surface area contributed by atoms with Crippen LogP contribution in [0.3, 0.4) is 0 Å². The number of hydrogen-bond donors (Lipinski definition) is 2. The van der Waals surface area contributed by atoms with Crippen LogP contribution in [0.4, 0.5) is 13.2 Å². The smallest absolute Gasteiger partial charge is 0.416 e. The van der Waals surface area contributed by atoms with Gasteiger partial charge in [0.25, 0.3) is 0 Å². The van der Waals surface area contributed by atoms with Crippen LogP contribution < -0.4 is 0 Å². The molecule has 9 heteroatoms. The van der Waals surface area contributed by atoms with E-state index in [2.05, 4.69) is 320 Å². The molecule has 0 saturated carbocycles. The first-order chi connectivity index (χ1) is 60.7. The van der Waals surface area contributed by atoms with Crippen molar-refractivity contribution in [3.63, 3.8) is 0 Å². The number of esters is 2. The zero-order chi connectivity index (χ0) is 95.4. The zero-order valence-electron chi connectivity index (χ0n) is 81.8. The number of ether oxygens (including phenoxy) is 2. The first-order valence-corrected chi connectivity index (χ1v) is 44.5. The first-order valence-electron chi connectivity index (χ1n) is 44.5. The van der Waals surface area contributed by atoms with E-state index in [0.29, 0.717) is 33.4 Å². The Morgan fingerprint density at radius 2 is 0.512 bits per heavy atom. The van der Waals surface area contributed by atoms with E-state index in [1.54, 1.807) is 44.2 Å². The SMILES string of the molecule is Cc1cc(C)c(C)c(C(F)(F)F)c1C.Cc1ccc(-c2ccc(-c3ccc(C)c(C)c3)cc2)cc1C.Cc1ccc(-c2ccc(C)c(C)c2)cc1C.Cc1ccc(C(=O)OCCOC(=O)c2ccc(C)c(C)c2)cc1C.Cc1ccc(C(C)(O)c2ccc(C)c(C)c2)cc1C.Cc1ccc(C(O)c2ccc(C)c(C)c2)cc1C.Cc1cccc(-c2cccc(C)c2C)c1C. The number of hydrogen-bond acceptors (Lipinski definition) is 6. The summed E-state index contributed by atoms with van der Waals surface area (Å²) >= 11 is 0. The van der Waals surface area contributed by atoms with E-state index >= 15 is 0 Å². The number of aryl methyl sites for hydroxylation is 24. The number of halogens is 3. The molecular weight excluding hydrogens is 1590 g/mol. The standard InChI is InChI=1S/C22H22.C20H22O4.C18H22O.C17H20O.2C16H18.C11H13F3/c1-15-5-7-21(13-17(15)3)19-9-11-20(12-10-19)22-8-6-16(2)18(4)14-22;1-13-5-7-17(11-15(13)3)19(21)23-9-10-24-20(22)18-8-6-14(2)16(4)12-18;1-12-6-8-16(10-14(12)3)18(5,19)17-9-7-13(2)15(4)11-17;1-11-5-7-15(9-13(11)3)17(18)16-8-6-12(2)14(4)10-16;1-11-5-7-15(9-13(11)3)16-8-6-12(2)14(4)10-16;1-11-7-5-9-15(13(11)3)16-10-6-8-12(2)14(16)4;1-6-5-7(2)9(4)10(8(6)3)11(12,13)14/h5-14H,1-4H3;5-8,11-12H,9-10H2,1-4H3;6-11,19H,1-5H3;5-10,17-18H,1-4H3;2*5-10H,1-4H3;5H,1-4H3. The van der Waals surface area contributed by atoms with Crippen LogP contribution in [-0.2, 0) is 21.3 Å². The van der Waals surface area contributed by atoms with Gasteiger partial charge in [-0.25, -0.2) is 9.59 Å². The Balaban J connectivity index is 0.000000187. The van der Waals surface area contributed by atoms with E-state index < -0.39 is 35.4 Å². The van der Waals surface area contributed by atoms with Crippen LogP contribution in [0.5, 0.6) is 0 Å². The predicted octanol–water partition coefficient (Wildman–Crippen LogP) is 31.5. The predicted molar refractivity (Wildman–Crippen MR) is 537 cm³/mol. The van der Waals surface area contributed by atoms with Gasteiger partial charge in [0.15, 0.2) is 0 Å². The molecule has 129 heavy (non-hydrogen) atoms. The summed E-state index contributed by atoms with van der Waals surface area (Å²) in [5.41, 5.74) is 46.4. The largest absolute Gasteiger partial charge is 0.458 e. The summed E-state index contributed by atoms with van der Waals surface area (Å²) in [5.74, 6) is -0.833. The van der Waals surface area contributed by atoms with Crippen LogP contribution in [0.15, 0.2) is 249 Å². The van der Waals surface area contributed by atoms with Crippen LogP contribution in [0, 0.1) is 194 Å². The van der Waals surface area contributed by atoms with Crippen molar-refractivity contribution in [1.29, 1.82) is 0 Å². The lowest BCUT2D eigenvalue weighted by atomic mass is 9.85. The summed E-state index contributed by atoms with van der Waals surface area (Å²) < 4.78 is 48.3. The molecule has 2 N–H and O–H groups in total. The molecule has 14 aromatic carbocycles. The molecule has 0 bridgehead atoms. The Morgan fingerprint density at radius 3 is 0.783 bits per heavy atom. The molecule has 0 amide bonds. The summed E-state index contributed by atoms with van der Waals surface area (Å²) in [6, 6.07) is 85.7. The quantitative estimate of drug-likeness (QED) is 0.0883. The molecule has 0 radical (unpaired) electrons. The summed E-state index contributed by atoms with van der Waals surface area (Å²) in [5, 5.41) is 21.3. The van der Waals surface area contributed by atoms with Crippen molar-refractivity contribution in [2.75, 3.05) is 13.2 Å². The van der Waals surface area contributed by atoms with Crippen LogP contribution in [0.25, 0.3) is 44.5 Å². The van der Waals surface area contributed by atoms with Crippen LogP contribution in [0.2, 0.25) is 0 Å². The van der Waals surface area contributed by atoms with Crippen molar-refractivity contribution >= 4 is 11.9 Å². The highest BCUT2D eigenvalue weighted by atomic mass is 19.4. The van der Waals surface area contributed by atoms with E-state index in [-0.39, 0.29) is 13.2 Å². The lowest BCUT2D eigenvalue weighted by molar-refractivity contribution is -0.138. The maximum atomic E-state index is 12.7. The van der Waals surface area contributed by atoms with E-state index in [9.17, 15) is 33.0 Å². The Hall–Kier alpha value is -12.3. The molecule has 6 nitrogen and oxygen atoms in total. The monoisotopic (exact) mass is 1730 g/mol. The number of carbonyl (C=O) groups is 2. The van der Waals surface area contributed by atoms with Gasteiger partial charge in [0, 0.05) is 0 Å². The van der Waals surface area contributed by atoms with Gasteiger partial charge < -0.3 is 19.7 Å². The molecule has 0 aliphatic heterocycles. The second-order valence-corrected chi connectivity index (χ2v) is 35.5. The molecule has 0 fully saturated rings. The van der Waals surface area contributed by atoms with Gasteiger partial charge in [0.05, 0.1) is 16.7 Å². The van der Waals surface area contributed by atoms with E-state index in [1.807, 2.05) is 71.0 Å². The maximum absolute atomic E-state index is 12.7. The molecule has 0 saturated heterocycles. The average molecular weight is 1730 g/mol. The van der Waals surface area contributed by atoms with Crippen molar-refractivity contribution in [2.24, 2.45) is 0 Å². The topological polar surface area (TPSA) is 93.1 Å². The zero-order valence-corrected chi connectivity index (χ0v) is 81.8. The van der Waals surface area contributed by atoms with Crippen LogP contribution >= 0.6 is 0 Å². The summed E-state index contributed by atoms with van der Waals surface area (Å²) in [6.45, 7) is 58.9. The third-order valence-corrected chi connectivity index (χ3v) is 25.9. The molecule has 0 spiro atoms. The number of aliphatic hydroxyl groups is 2. The highest BCUT2D eigenvalue weighted by molar-refractivity contribution is 5.90. The van der Waals surface area contributed by atoms with Crippen molar-refractivity contribution in [3.8, 4) is 44.5 Å². The number of alkyl halides is 3. The highest BCUT2D eigenvalue weighted by Crippen LogP contribution is 2.39. The molecule has 14 aromatic rings. The van der Waals surface area contributed by atoms with E-state index in [4.69, 9.17) is 9.47 Å². The van der Waals surface area contributed by atoms with E-state index in [0.717, 1.165) is 44.5 Å². The molecule has 0 aliphatic carbocycles. The van der Waals surface area contributed by atoms with Gasteiger partial charge in [-0.15, -0.1) is 0 Å². The molecule has 0 aromatic heterocycles. The van der Waals surface area contributed by atoms with Crippen LogP contribution in [-0.4, -0.2) is 35.4 Å². The number of rotatable bonds is 13. The Bertz CT molecular complexity index is 5920. The molecular formula is C120H135F3O6. The number of benzene rings is 14. The van der Waals surface area contributed by atoms with Gasteiger partial charge in [-0.2, -0.15) is 13.2 Å². The molecule has 0 unspecified atom stereocenters. The lowest BCUT2D eigenvalue weighted by Crippen LogP contribution is -2.23. The first kappa shape index (κ1) is 102. The van der Waals surface area contributed by atoms with Gasteiger partial charge in [0.2, 0.25) is 0 Å². The minimum absolute atomic E-state index is 0.0301. The van der Waals surface area contributed by atoms with E-state index in [1.165, 1.54) is 170 Å². The molecule has 0 atom stereocenters. The Morgan fingerprint density at radius 1 is 0.264 bits per heavy atom. The number of carbonyl (C=O) groups excluding carboxylic acids is 2. The fraction of sp³-hybridized carbons (Fsp3) is 0.283. The van der Waals surface area contributed by atoms with Gasteiger partial charge in [-0.1, -0.05) is 224 Å². The third-order valence-electron chi connectivity index (χ3n) is 25.9. The second-order valence-electron chi connectivity index (χ2n) is 35.5. The third kappa shape index (κ3) is 27.6. The second kappa shape index (κ2) is 45.6. The highest BCUT2D eigenvalue weighted by Gasteiger charge is 2.35. The fourth-order valence-electron chi connectivity index (χ4n) is 14.8. The normalized spacial score (nSPS) is 10.9. The maximum Gasteiger partial charge on any atom is 0.416 e. The summed E-state index contributed by atoms with van der Waals surface area (Å²) in [4.78, 5) is 23.9. The van der Waals surface area contributed by atoms with Crippen molar-refractivity contribution in [3.05, 3.63) is 443 Å². The average Bonchev–Trinajstić information content (AvgIpc) is 0.795. The van der Waals surface area contributed by atoms with Gasteiger partial charge in [-0.3, -0.25) is 0 Å². The van der Waals surface area contributed by atoms with Crippen LogP contribution in [0.1, 0.15) is 217 Å². The summed E-state index contributed by atoms with van der Waals surface area (Å²) in [7, 11) is 0. The Kier molecular flexibility index (Phi) is 36.1. The van der Waals surface area contributed by atoms with Crippen molar-refractivity contribution in [2.45, 2.75) is 219 Å².